The highest BCUT2D eigenvalue weighted by Gasteiger charge is 2.34. The van der Waals surface area contributed by atoms with Gasteiger partial charge < -0.3 is 9.64 Å². The Labute approximate surface area is 134 Å². The lowest BCUT2D eigenvalue weighted by Gasteiger charge is -2.36. The Morgan fingerprint density at radius 1 is 0.864 bits per heavy atom. The van der Waals surface area contributed by atoms with E-state index in [2.05, 4.69) is 86.6 Å². The molecule has 0 N–H and O–H groups in total. The minimum absolute atomic E-state index is 0.372. The van der Waals surface area contributed by atoms with Gasteiger partial charge in [-0.2, -0.15) is 0 Å². The van der Waals surface area contributed by atoms with Crippen molar-refractivity contribution in [2.24, 2.45) is 0 Å². The predicted molar refractivity (Wildman–Crippen MR) is 93.1 cm³/mol. The van der Waals surface area contributed by atoms with Crippen molar-refractivity contribution in [3.63, 3.8) is 0 Å². The van der Waals surface area contributed by atoms with Crippen molar-refractivity contribution >= 4 is 0 Å². The number of rotatable bonds is 8. The molecule has 2 aromatic rings. The van der Waals surface area contributed by atoms with Crippen LogP contribution >= 0.6 is 0 Å². The highest BCUT2D eigenvalue weighted by atomic mass is 16.5. The molecule has 2 nitrogen and oxygen atoms in total. The first-order valence-electron chi connectivity index (χ1n) is 8.09. The Kier molecular flexibility index (Phi) is 6.17. The molecule has 0 fully saturated rings. The van der Waals surface area contributed by atoms with E-state index >= 15 is 0 Å². The number of ether oxygens (including phenoxy) is 1. The average Bonchev–Trinajstić information content (AvgIpc) is 2.57. The average molecular weight is 297 g/mol. The first-order valence-corrected chi connectivity index (χ1v) is 8.09. The summed E-state index contributed by atoms with van der Waals surface area (Å²) in [5.74, 6) is 0. The van der Waals surface area contributed by atoms with Gasteiger partial charge in [0, 0.05) is 13.2 Å². The van der Waals surface area contributed by atoms with Crippen LogP contribution in [0.1, 0.15) is 30.9 Å². The molecule has 0 aliphatic rings. The van der Waals surface area contributed by atoms with Gasteiger partial charge in [-0.3, -0.25) is 0 Å². The van der Waals surface area contributed by atoms with Crippen LogP contribution < -0.4 is 0 Å². The quantitative estimate of drug-likeness (QED) is 0.720. The van der Waals surface area contributed by atoms with Gasteiger partial charge in [-0.05, 0) is 38.1 Å². The third kappa shape index (κ3) is 3.96. The zero-order chi connectivity index (χ0) is 15.8. The molecule has 2 heteroatoms. The Bertz CT molecular complexity index is 497. The van der Waals surface area contributed by atoms with Crippen molar-refractivity contribution in [2.45, 2.75) is 25.4 Å². The number of hydrogen-bond acceptors (Lipinski definition) is 2. The zero-order valence-electron chi connectivity index (χ0n) is 14.0. The summed E-state index contributed by atoms with van der Waals surface area (Å²) in [5, 5.41) is 0. The Morgan fingerprint density at radius 2 is 1.36 bits per heavy atom. The van der Waals surface area contributed by atoms with Crippen molar-refractivity contribution in [3.05, 3.63) is 71.8 Å². The first kappa shape index (κ1) is 16.7. The maximum absolute atomic E-state index is 6.47. The second-order valence-corrected chi connectivity index (χ2v) is 5.96. The molecule has 0 bridgehead atoms. The fraction of sp³-hybridized carbons (Fsp3) is 0.400. The van der Waals surface area contributed by atoms with E-state index in [1.165, 1.54) is 11.1 Å². The van der Waals surface area contributed by atoms with E-state index in [0.29, 0.717) is 0 Å². The first-order chi connectivity index (χ1) is 10.7. The van der Waals surface area contributed by atoms with Gasteiger partial charge >= 0.3 is 0 Å². The van der Waals surface area contributed by atoms with Crippen LogP contribution in [0.2, 0.25) is 0 Å². The summed E-state index contributed by atoms with van der Waals surface area (Å²) >= 11 is 0. The van der Waals surface area contributed by atoms with Crippen LogP contribution in [0.25, 0.3) is 0 Å². The molecule has 0 spiro atoms. The summed E-state index contributed by atoms with van der Waals surface area (Å²) in [4.78, 5) is 2.22. The molecule has 0 saturated heterocycles. The molecular weight excluding hydrogens is 270 g/mol. The van der Waals surface area contributed by atoms with Crippen LogP contribution in [-0.2, 0) is 10.3 Å². The summed E-state index contributed by atoms with van der Waals surface area (Å²) in [5.41, 5.74) is 2.09. The molecule has 0 amide bonds. The van der Waals surface area contributed by atoms with E-state index in [1.54, 1.807) is 0 Å². The molecule has 0 aliphatic heterocycles. The highest BCUT2D eigenvalue weighted by molar-refractivity contribution is 5.36. The summed E-state index contributed by atoms with van der Waals surface area (Å²) in [6, 6.07) is 21.2. The normalized spacial score (nSPS) is 11.8. The van der Waals surface area contributed by atoms with Gasteiger partial charge in [-0.1, -0.05) is 67.6 Å². The van der Waals surface area contributed by atoms with Crippen LogP contribution in [0.5, 0.6) is 0 Å². The molecule has 2 aromatic carbocycles. The summed E-state index contributed by atoms with van der Waals surface area (Å²) in [6.07, 6.45) is 1.96. The minimum Gasteiger partial charge on any atom is -0.366 e. The lowest BCUT2D eigenvalue weighted by Crippen LogP contribution is -2.35. The molecule has 0 unspecified atom stereocenters. The van der Waals surface area contributed by atoms with Gasteiger partial charge in [0.15, 0.2) is 0 Å². The Morgan fingerprint density at radius 3 is 1.77 bits per heavy atom. The van der Waals surface area contributed by atoms with Crippen LogP contribution in [0.3, 0.4) is 0 Å². The number of benzene rings is 2. The monoisotopic (exact) mass is 297 g/mol. The fourth-order valence-electron chi connectivity index (χ4n) is 2.77. The summed E-state index contributed by atoms with van der Waals surface area (Å²) < 4.78 is 6.47. The van der Waals surface area contributed by atoms with E-state index in [9.17, 15) is 0 Å². The lowest BCUT2D eigenvalue weighted by molar-refractivity contribution is -0.0283. The Hall–Kier alpha value is -1.64. The van der Waals surface area contributed by atoms with Crippen molar-refractivity contribution in [3.8, 4) is 0 Å². The smallest absolute Gasteiger partial charge is 0.119 e. The third-order valence-corrected chi connectivity index (χ3v) is 3.94. The zero-order valence-corrected chi connectivity index (χ0v) is 14.0. The van der Waals surface area contributed by atoms with Crippen molar-refractivity contribution in [1.82, 2.24) is 4.90 Å². The summed E-state index contributed by atoms with van der Waals surface area (Å²) in [7, 11) is 4.22. The van der Waals surface area contributed by atoms with Gasteiger partial charge in [0.25, 0.3) is 0 Å². The molecular formula is C20H27NO. The van der Waals surface area contributed by atoms with Crippen LogP contribution in [0, 0.1) is 0 Å². The molecule has 0 aromatic heterocycles. The standard InChI is InChI=1S/C20H27NO/c1-4-17-22-20(15-16-21(2)3,18-11-7-5-8-12-18)19-13-9-6-10-14-19/h5-14H,4,15-17H2,1-3H3. The maximum atomic E-state index is 6.47. The topological polar surface area (TPSA) is 12.5 Å². The van der Waals surface area contributed by atoms with Gasteiger partial charge in [0.1, 0.15) is 5.60 Å². The molecule has 0 saturated carbocycles. The third-order valence-electron chi connectivity index (χ3n) is 3.94. The van der Waals surface area contributed by atoms with E-state index < -0.39 is 0 Å². The van der Waals surface area contributed by atoms with Gasteiger partial charge in [0.05, 0.1) is 0 Å². The highest BCUT2D eigenvalue weighted by Crippen LogP contribution is 2.37. The minimum atomic E-state index is -0.372. The van der Waals surface area contributed by atoms with E-state index in [-0.39, 0.29) is 5.60 Å². The van der Waals surface area contributed by atoms with Crippen LogP contribution in [0.15, 0.2) is 60.7 Å². The second-order valence-electron chi connectivity index (χ2n) is 5.96. The van der Waals surface area contributed by atoms with E-state index in [1.807, 2.05) is 0 Å². The maximum Gasteiger partial charge on any atom is 0.119 e. The van der Waals surface area contributed by atoms with E-state index in [0.717, 1.165) is 26.0 Å². The molecule has 22 heavy (non-hydrogen) atoms. The van der Waals surface area contributed by atoms with Crippen molar-refractivity contribution < 1.29 is 4.74 Å². The predicted octanol–water partition coefficient (Wildman–Crippen LogP) is 4.31. The van der Waals surface area contributed by atoms with Gasteiger partial charge in [-0.25, -0.2) is 0 Å². The second kappa shape index (κ2) is 8.11. The van der Waals surface area contributed by atoms with Crippen LogP contribution in [-0.4, -0.2) is 32.1 Å². The molecule has 0 radical (unpaired) electrons. The summed E-state index contributed by atoms with van der Waals surface area (Å²) in [6.45, 7) is 3.90. The Balaban J connectivity index is 2.47. The fourth-order valence-corrected chi connectivity index (χ4v) is 2.77. The molecule has 0 aliphatic carbocycles. The molecule has 118 valence electrons. The number of nitrogens with zero attached hydrogens (tertiary/aromatic N) is 1. The van der Waals surface area contributed by atoms with E-state index in [4.69, 9.17) is 4.74 Å². The lowest BCUT2D eigenvalue weighted by atomic mass is 9.83. The van der Waals surface area contributed by atoms with Gasteiger partial charge in [0.2, 0.25) is 0 Å². The number of hydrogen-bond donors (Lipinski definition) is 0. The van der Waals surface area contributed by atoms with Crippen molar-refractivity contribution in [1.29, 1.82) is 0 Å². The van der Waals surface area contributed by atoms with Crippen molar-refractivity contribution in [2.75, 3.05) is 27.2 Å². The largest absolute Gasteiger partial charge is 0.366 e. The SMILES string of the molecule is CCCOC(CCN(C)C)(c1ccccc1)c1ccccc1. The van der Waals surface area contributed by atoms with Gasteiger partial charge in [-0.15, -0.1) is 0 Å². The molecule has 0 atom stereocenters. The molecule has 2 rings (SSSR count). The van der Waals surface area contributed by atoms with Crippen LogP contribution in [0.4, 0.5) is 0 Å². The molecule has 0 heterocycles.